The Morgan fingerprint density at radius 2 is 1.76 bits per heavy atom. The van der Waals surface area contributed by atoms with Crippen LogP contribution in [0.15, 0.2) is 23.1 Å². The van der Waals surface area contributed by atoms with Gasteiger partial charge in [0.15, 0.2) is 0 Å². The zero-order valence-electron chi connectivity index (χ0n) is 11.3. The van der Waals surface area contributed by atoms with E-state index in [0.29, 0.717) is 0 Å². The van der Waals surface area contributed by atoms with E-state index in [2.05, 4.69) is 9.44 Å². The summed E-state index contributed by atoms with van der Waals surface area (Å²) in [7, 11) is -7.23. The summed E-state index contributed by atoms with van der Waals surface area (Å²) in [6.07, 6.45) is 0.255. The van der Waals surface area contributed by atoms with Crippen LogP contribution in [0, 0.1) is 5.82 Å². The Morgan fingerprint density at radius 1 is 1.14 bits per heavy atom. The van der Waals surface area contributed by atoms with Gasteiger partial charge in [0.1, 0.15) is 10.7 Å². The lowest BCUT2D eigenvalue weighted by Crippen LogP contribution is -2.30. The zero-order chi connectivity index (χ0) is 16.1. The fraction of sp³-hybridized carbons (Fsp3) is 0.455. The topological polar surface area (TPSA) is 92.3 Å². The second-order valence-corrected chi connectivity index (χ2v) is 8.36. The lowest BCUT2D eigenvalue weighted by atomic mass is 10.3. The van der Waals surface area contributed by atoms with E-state index in [-0.39, 0.29) is 35.2 Å². The SMILES string of the molecule is CCS(=O)(=O)NCCCNS(=O)(=O)c1cc(F)ccc1Cl. The molecule has 0 saturated heterocycles. The van der Waals surface area contributed by atoms with Crippen LogP contribution >= 0.6 is 11.6 Å². The molecule has 0 heterocycles. The lowest BCUT2D eigenvalue weighted by molar-refractivity contribution is 0.571. The van der Waals surface area contributed by atoms with E-state index in [1.807, 2.05) is 0 Å². The molecule has 1 aromatic carbocycles. The first-order chi connectivity index (χ1) is 9.68. The first-order valence-corrected chi connectivity index (χ1v) is 9.61. The van der Waals surface area contributed by atoms with Gasteiger partial charge in [-0.2, -0.15) is 0 Å². The molecule has 0 unspecified atom stereocenters. The predicted octanol–water partition coefficient (Wildman–Crippen LogP) is 1.09. The molecule has 0 aromatic heterocycles. The Morgan fingerprint density at radius 3 is 2.38 bits per heavy atom. The fourth-order valence-corrected chi connectivity index (χ4v) is 3.63. The van der Waals surface area contributed by atoms with Crippen molar-refractivity contribution in [1.29, 1.82) is 0 Å². The van der Waals surface area contributed by atoms with Gasteiger partial charge >= 0.3 is 0 Å². The second-order valence-electron chi connectivity index (χ2n) is 4.12. The van der Waals surface area contributed by atoms with Gasteiger partial charge in [0.2, 0.25) is 20.0 Å². The smallest absolute Gasteiger partial charge is 0.215 e. The van der Waals surface area contributed by atoms with E-state index < -0.39 is 25.9 Å². The summed E-state index contributed by atoms with van der Waals surface area (Å²) in [4.78, 5) is -0.349. The molecule has 0 spiro atoms. The Balaban J connectivity index is 2.57. The quantitative estimate of drug-likeness (QED) is 0.680. The van der Waals surface area contributed by atoms with Gasteiger partial charge in [-0.1, -0.05) is 11.6 Å². The Hall–Kier alpha value is -0.740. The van der Waals surface area contributed by atoms with Crippen molar-refractivity contribution in [1.82, 2.24) is 9.44 Å². The highest BCUT2D eigenvalue weighted by molar-refractivity contribution is 7.89. The maximum atomic E-state index is 13.1. The summed E-state index contributed by atoms with van der Waals surface area (Å²) in [5.74, 6) is -0.757. The molecular formula is C11H16ClFN2O4S2. The van der Waals surface area contributed by atoms with Crippen LogP contribution < -0.4 is 9.44 Å². The van der Waals surface area contributed by atoms with Gasteiger partial charge in [-0.05, 0) is 31.5 Å². The van der Waals surface area contributed by atoms with Crippen molar-refractivity contribution >= 4 is 31.6 Å². The first-order valence-electron chi connectivity index (χ1n) is 6.10. The molecule has 10 heteroatoms. The van der Waals surface area contributed by atoms with Gasteiger partial charge in [-0.3, -0.25) is 0 Å². The average molecular weight is 359 g/mol. The summed E-state index contributed by atoms with van der Waals surface area (Å²) >= 11 is 5.72. The van der Waals surface area contributed by atoms with Gasteiger partial charge in [-0.25, -0.2) is 30.7 Å². The summed E-state index contributed by atoms with van der Waals surface area (Å²) in [5, 5.41) is -0.0874. The monoisotopic (exact) mass is 358 g/mol. The third-order valence-electron chi connectivity index (χ3n) is 2.53. The molecule has 1 rings (SSSR count). The lowest BCUT2D eigenvalue weighted by Gasteiger charge is -2.09. The van der Waals surface area contributed by atoms with Crippen molar-refractivity contribution in [3.05, 3.63) is 29.0 Å². The van der Waals surface area contributed by atoms with Crippen molar-refractivity contribution in [2.75, 3.05) is 18.8 Å². The van der Waals surface area contributed by atoms with Crippen molar-refractivity contribution in [2.24, 2.45) is 0 Å². The van der Waals surface area contributed by atoms with Gasteiger partial charge in [0, 0.05) is 13.1 Å². The van der Waals surface area contributed by atoms with E-state index in [1.54, 1.807) is 0 Å². The van der Waals surface area contributed by atoms with E-state index in [0.717, 1.165) is 18.2 Å². The van der Waals surface area contributed by atoms with Crippen LogP contribution in [0.2, 0.25) is 5.02 Å². The summed E-state index contributed by atoms with van der Waals surface area (Å²) in [6, 6.07) is 3.03. The van der Waals surface area contributed by atoms with Crippen LogP contribution in [0.5, 0.6) is 0 Å². The first kappa shape index (κ1) is 18.3. The number of rotatable bonds is 8. The molecule has 0 radical (unpaired) electrons. The molecule has 0 aliphatic rings. The molecule has 0 aliphatic carbocycles. The second kappa shape index (κ2) is 7.50. The largest absolute Gasteiger partial charge is 0.242 e. The highest BCUT2D eigenvalue weighted by atomic mass is 35.5. The molecule has 1 aromatic rings. The van der Waals surface area contributed by atoms with E-state index in [9.17, 15) is 21.2 Å². The zero-order valence-corrected chi connectivity index (χ0v) is 13.7. The Labute approximate surface area is 128 Å². The van der Waals surface area contributed by atoms with Gasteiger partial charge in [-0.15, -0.1) is 0 Å². The van der Waals surface area contributed by atoms with Crippen LogP contribution in [-0.4, -0.2) is 35.7 Å². The maximum absolute atomic E-state index is 13.1. The molecule has 6 nitrogen and oxygen atoms in total. The third kappa shape index (κ3) is 5.87. The number of hydrogen-bond acceptors (Lipinski definition) is 4. The van der Waals surface area contributed by atoms with Gasteiger partial charge in [0.05, 0.1) is 10.8 Å². The van der Waals surface area contributed by atoms with Crippen molar-refractivity contribution in [2.45, 2.75) is 18.2 Å². The molecule has 0 atom stereocenters. The van der Waals surface area contributed by atoms with E-state index >= 15 is 0 Å². The number of benzene rings is 1. The molecule has 120 valence electrons. The molecule has 0 aliphatic heterocycles. The minimum Gasteiger partial charge on any atom is -0.215 e. The van der Waals surface area contributed by atoms with Gasteiger partial charge in [0.25, 0.3) is 0 Å². The highest BCUT2D eigenvalue weighted by Crippen LogP contribution is 2.21. The maximum Gasteiger partial charge on any atom is 0.242 e. The molecule has 21 heavy (non-hydrogen) atoms. The molecule has 2 N–H and O–H groups in total. The number of sulfonamides is 2. The van der Waals surface area contributed by atoms with Gasteiger partial charge < -0.3 is 0 Å². The highest BCUT2D eigenvalue weighted by Gasteiger charge is 2.18. The summed E-state index contributed by atoms with van der Waals surface area (Å²) < 4.78 is 63.8. The minimum atomic E-state index is -3.93. The minimum absolute atomic E-state index is 0.00140. The summed E-state index contributed by atoms with van der Waals surface area (Å²) in [6.45, 7) is 1.61. The molecular weight excluding hydrogens is 343 g/mol. The Bertz CT molecular complexity index is 692. The average Bonchev–Trinajstić information content (AvgIpc) is 2.41. The molecule has 0 saturated carbocycles. The fourth-order valence-electron chi connectivity index (χ4n) is 1.39. The van der Waals surface area contributed by atoms with E-state index in [1.165, 1.54) is 6.92 Å². The Kier molecular flexibility index (Phi) is 6.54. The third-order valence-corrected chi connectivity index (χ3v) is 5.88. The molecule has 0 bridgehead atoms. The molecule has 0 fully saturated rings. The normalized spacial score (nSPS) is 12.5. The number of nitrogens with one attached hydrogen (secondary N) is 2. The van der Waals surface area contributed by atoms with Crippen molar-refractivity contribution in [3.63, 3.8) is 0 Å². The van der Waals surface area contributed by atoms with Crippen molar-refractivity contribution in [3.8, 4) is 0 Å². The van der Waals surface area contributed by atoms with Crippen LogP contribution in [-0.2, 0) is 20.0 Å². The van der Waals surface area contributed by atoms with Crippen LogP contribution in [0.25, 0.3) is 0 Å². The van der Waals surface area contributed by atoms with Crippen LogP contribution in [0.4, 0.5) is 4.39 Å². The predicted molar refractivity (Wildman–Crippen MR) is 78.7 cm³/mol. The molecule has 0 amide bonds. The number of halogens is 2. The van der Waals surface area contributed by atoms with E-state index in [4.69, 9.17) is 11.6 Å². The number of hydrogen-bond donors (Lipinski definition) is 2. The standard InChI is InChI=1S/C11H16ClFN2O4S2/c1-2-20(16,17)14-6-3-7-15-21(18,19)11-8-9(13)4-5-10(11)12/h4-5,8,14-15H,2-3,6-7H2,1H3. The van der Waals surface area contributed by atoms with Crippen LogP contribution in [0.1, 0.15) is 13.3 Å². The van der Waals surface area contributed by atoms with Crippen molar-refractivity contribution < 1.29 is 21.2 Å². The summed E-state index contributed by atoms with van der Waals surface area (Å²) in [5.41, 5.74) is 0. The van der Waals surface area contributed by atoms with Crippen LogP contribution in [0.3, 0.4) is 0 Å².